The van der Waals surface area contributed by atoms with E-state index in [9.17, 15) is 0 Å². The fourth-order valence-corrected chi connectivity index (χ4v) is 4.75. The van der Waals surface area contributed by atoms with Gasteiger partial charge in [0.25, 0.3) is 0 Å². The number of hydrogen-bond donors (Lipinski definition) is 2. The standard InChI is InChI=1S/C22H22Cl2N4O.ClH/c23-14-2-1-3-17(10-14)29-16-6-4-13(5-7-16)20-22-18(12-26-28-20)21-19(27-22)11-15(24)8-9-25-21;/h1-3,8,10-11,13,16,26-27H,4-7,9,12H2;1H. The van der Waals surface area contributed by atoms with Gasteiger partial charge in [-0.25, -0.2) is 0 Å². The van der Waals surface area contributed by atoms with Crippen molar-refractivity contribution in [3.63, 3.8) is 0 Å². The van der Waals surface area contributed by atoms with Gasteiger partial charge < -0.3 is 15.1 Å². The quantitative estimate of drug-likeness (QED) is 0.718. The van der Waals surface area contributed by atoms with Crippen molar-refractivity contribution in [3.05, 3.63) is 62.4 Å². The van der Waals surface area contributed by atoms with Gasteiger partial charge in [-0.3, -0.25) is 4.99 Å². The van der Waals surface area contributed by atoms with Crippen LogP contribution in [0.3, 0.4) is 0 Å². The van der Waals surface area contributed by atoms with Crippen LogP contribution >= 0.6 is 35.6 Å². The summed E-state index contributed by atoms with van der Waals surface area (Å²) in [5.41, 5.74) is 6.62. The number of benzene rings is 1. The first-order valence-corrected chi connectivity index (χ1v) is 10.8. The molecule has 1 aliphatic carbocycles. The molecule has 0 amide bonds. The third kappa shape index (κ3) is 4.25. The molecule has 30 heavy (non-hydrogen) atoms. The fourth-order valence-electron chi connectivity index (χ4n) is 4.39. The van der Waals surface area contributed by atoms with E-state index in [-0.39, 0.29) is 18.5 Å². The van der Waals surface area contributed by atoms with Gasteiger partial charge in [-0.15, -0.1) is 12.4 Å². The molecular formula is C22H23Cl3N4O. The molecule has 158 valence electrons. The van der Waals surface area contributed by atoms with E-state index in [0.717, 1.165) is 58.6 Å². The number of H-pyrrole nitrogens is 1. The lowest BCUT2D eigenvalue weighted by Crippen LogP contribution is -2.33. The van der Waals surface area contributed by atoms with Gasteiger partial charge in [0.05, 0.1) is 41.3 Å². The molecule has 2 aromatic rings. The number of aromatic nitrogens is 1. The molecule has 5 nitrogen and oxygen atoms in total. The summed E-state index contributed by atoms with van der Waals surface area (Å²) in [5, 5.41) is 8.08. The minimum Gasteiger partial charge on any atom is -0.490 e. The van der Waals surface area contributed by atoms with Gasteiger partial charge in [-0.05, 0) is 56.0 Å². The summed E-state index contributed by atoms with van der Waals surface area (Å²) in [7, 11) is 0. The zero-order valence-electron chi connectivity index (χ0n) is 16.3. The Balaban J connectivity index is 0.00000218. The molecule has 0 spiro atoms. The van der Waals surface area contributed by atoms with Crippen molar-refractivity contribution in [1.29, 1.82) is 0 Å². The number of rotatable bonds is 3. The molecule has 0 unspecified atom stereocenters. The molecule has 1 aromatic carbocycles. The largest absolute Gasteiger partial charge is 0.490 e. The lowest BCUT2D eigenvalue weighted by atomic mass is 9.82. The van der Waals surface area contributed by atoms with Crippen LogP contribution in [-0.2, 0) is 6.54 Å². The van der Waals surface area contributed by atoms with Gasteiger partial charge in [0.2, 0.25) is 0 Å². The first-order chi connectivity index (χ1) is 14.2. The highest BCUT2D eigenvalue weighted by Crippen LogP contribution is 2.31. The van der Waals surface area contributed by atoms with Crippen molar-refractivity contribution in [2.45, 2.75) is 38.3 Å². The molecule has 1 saturated carbocycles. The summed E-state index contributed by atoms with van der Waals surface area (Å²) >= 11 is 12.3. The fraction of sp³-hybridized carbons (Fsp3) is 0.364. The maximum absolute atomic E-state index is 6.25. The van der Waals surface area contributed by atoms with Gasteiger partial charge in [0.1, 0.15) is 5.75 Å². The Hall–Kier alpha value is -1.95. The average Bonchev–Trinajstić information content (AvgIpc) is 2.95. The van der Waals surface area contributed by atoms with Crippen LogP contribution < -0.4 is 20.9 Å². The van der Waals surface area contributed by atoms with Gasteiger partial charge in [-0.1, -0.05) is 29.3 Å². The molecule has 1 fully saturated rings. The summed E-state index contributed by atoms with van der Waals surface area (Å²) < 4.78 is 6.14. The maximum atomic E-state index is 6.25. The molecule has 0 radical (unpaired) electrons. The lowest BCUT2D eigenvalue weighted by Gasteiger charge is -2.30. The summed E-state index contributed by atoms with van der Waals surface area (Å²) in [5.74, 6) is 1.24. The number of hydrazone groups is 1. The van der Waals surface area contributed by atoms with Crippen LogP contribution in [0.1, 0.15) is 36.9 Å². The first-order valence-electron chi connectivity index (χ1n) is 10.0. The second-order valence-corrected chi connectivity index (χ2v) is 8.57. The number of fused-ring (bicyclic) bond motifs is 3. The third-order valence-corrected chi connectivity index (χ3v) is 6.29. The highest BCUT2D eigenvalue weighted by Gasteiger charge is 2.30. The molecule has 8 heteroatoms. The third-order valence-electron chi connectivity index (χ3n) is 5.79. The van der Waals surface area contributed by atoms with E-state index in [1.807, 2.05) is 36.4 Å². The highest BCUT2D eigenvalue weighted by molar-refractivity contribution is 6.34. The molecule has 3 aliphatic rings. The summed E-state index contributed by atoms with van der Waals surface area (Å²) in [6.07, 6.45) is 8.17. The van der Waals surface area contributed by atoms with Crippen molar-refractivity contribution in [1.82, 2.24) is 10.4 Å². The molecule has 5 rings (SSSR count). The zero-order chi connectivity index (χ0) is 19.8. The van der Waals surface area contributed by atoms with Gasteiger partial charge in [0, 0.05) is 21.5 Å². The number of nitrogens with one attached hydrogen (secondary N) is 2. The van der Waals surface area contributed by atoms with E-state index in [1.54, 1.807) is 0 Å². The Kier molecular flexibility index (Phi) is 6.42. The van der Waals surface area contributed by atoms with Crippen molar-refractivity contribution >= 4 is 47.4 Å². The molecule has 2 aliphatic heterocycles. The lowest BCUT2D eigenvalue weighted by molar-refractivity contribution is 0.144. The number of halogens is 3. The van der Waals surface area contributed by atoms with E-state index >= 15 is 0 Å². The Morgan fingerprint density at radius 1 is 1.10 bits per heavy atom. The zero-order valence-corrected chi connectivity index (χ0v) is 18.7. The first kappa shape index (κ1) is 21.3. The number of nitrogens with zero attached hydrogens (tertiary/aromatic N) is 2. The van der Waals surface area contributed by atoms with Crippen molar-refractivity contribution in [2.75, 3.05) is 6.54 Å². The minimum atomic E-state index is 0. The molecule has 1 aromatic heterocycles. The molecule has 2 N–H and O–H groups in total. The van der Waals surface area contributed by atoms with E-state index < -0.39 is 0 Å². The second-order valence-electron chi connectivity index (χ2n) is 7.70. The monoisotopic (exact) mass is 464 g/mol. The summed E-state index contributed by atoms with van der Waals surface area (Å²) in [4.78, 5) is 8.24. The number of allylic oxidation sites excluding steroid dienone is 1. The molecule has 0 bridgehead atoms. The number of hydrogen-bond acceptors (Lipinski definition) is 4. The van der Waals surface area contributed by atoms with Gasteiger partial charge >= 0.3 is 0 Å². The molecule has 0 saturated heterocycles. The summed E-state index contributed by atoms with van der Waals surface area (Å²) in [6.45, 7) is 1.29. The molecule has 3 heterocycles. The maximum Gasteiger partial charge on any atom is 0.121 e. The number of ether oxygens (including phenoxy) is 1. The van der Waals surface area contributed by atoms with Gasteiger partial charge in [-0.2, -0.15) is 5.10 Å². The SMILES string of the molecule is Cl.ClC1=CCN=c2c3c([nH]c2=C1)C(C1CCC(Oc2cccc(Cl)c2)CC1)=NNC3. The number of aromatic amines is 1. The van der Waals surface area contributed by atoms with E-state index in [0.29, 0.717) is 24.0 Å². The minimum absolute atomic E-state index is 0. The Bertz CT molecular complexity index is 1110. The van der Waals surface area contributed by atoms with Gasteiger partial charge in [0.15, 0.2) is 0 Å². The average molecular weight is 466 g/mol. The van der Waals surface area contributed by atoms with E-state index in [1.165, 1.54) is 5.56 Å². The predicted octanol–water partition coefficient (Wildman–Crippen LogP) is 4.07. The van der Waals surface area contributed by atoms with Crippen molar-refractivity contribution < 1.29 is 4.74 Å². The second kappa shape index (κ2) is 9.04. The van der Waals surface area contributed by atoms with Crippen LogP contribution in [0, 0.1) is 5.92 Å². The Morgan fingerprint density at radius 2 is 1.93 bits per heavy atom. The Morgan fingerprint density at radius 3 is 2.73 bits per heavy atom. The van der Waals surface area contributed by atoms with E-state index in [4.69, 9.17) is 32.9 Å². The van der Waals surface area contributed by atoms with Crippen LogP contribution in [0.15, 0.2) is 45.5 Å². The van der Waals surface area contributed by atoms with E-state index in [2.05, 4.69) is 15.5 Å². The Labute approximate surface area is 191 Å². The summed E-state index contributed by atoms with van der Waals surface area (Å²) in [6, 6.07) is 7.62. The van der Waals surface area contributed by atoms with Crippen LogP contribution in [-0.4, -0.2) is 23.3 Å². The smallest absolute Gasteiger partial charge is 0.121 e. The normalized spacial score (nSPS) is 22.5. The van der Waals surface area contributed by atoms with Crippen molar-refractivity contribution in [2.24, 2.45) is 16.0 Å². The highest BCUT2D eigenvalue weighted by atomic mass is 35.5. The van der Waals surface area contributed by atoms with Crippen LogP contribution in [0.2, 0.25) is 5.02 Å². The molecular weight excluding hydrogens is 443 g/mol. The predicted molar refractivity (Wildman–Crippen MR) is 123 cm³/mol. The van der Waals surface area contributed by atoms with Crippen LogP contribution in [0.25, 0.3) is 6.08 Å². The van der Waals surface area contributed by atoms with Crippen LogP contribution in [0.4, 0.5) is 0 Å². The van der Waals surface area contributed by atoms with Crippen molar-refractivity contribution in [3.8, 4) is 5.75 Å². The van der Waals surface area contributed by atoms with Crippen LogP contribution in [0.5, 0.6) is 5.75 Å². The topological polar surface area (TPSA) is 61.8 Å². The molecule has 0 atom stereocenters.